The molecular weight excluding hydrogens is 704 g/mol. The second-order valence-electron chi connectivity index (χ2n) is 15.5. The van der Waals surface area contributed by atoms with Crippen molar-refractivity contribution in [3.05, 3.63) is 65.5 Å². The number of carbonyl (C=O) groups is 4. The molecule has 15 heteroatoms. The minimum atomic E-state index is -0.994. The van der Waals surface area contributed by atoms with Gasteiger partial charge in [0.2, 0.25) is 5.91 Å². The van der Waals surface area contributed by atoms with Crippen molar-refractivity contribution in [2.24, 2.45) is 16.8 Å². The summed E-state index contributed by atoms with van der Waals surface area (Å²) >= 11 is 0. The number of aliphatic imine (C=N–C) groups is 1. The Morgan fingerprint density at radius 3 is 2.20 bits per heavy atom. The van der Waals surface area contributed by atoms with Crippen molar-refractivity contribution < 1.29 is 23.6 Å². The smallest absolute Gasteiger partial charge is 0.295 e. The largest absolute Gasteiger partial charge is 0.338 e. The van der Waals surface area contributed by atoms with Crippen molar-refractivity contribution in [1.29, 1.82) is 0 Å². The number of hydrogen-bond acceptors (Lipinski definition) is 8. The van der Waals surface area contributed by atoms with Gasteiger partial charge in [-0.2, -0.15) is 10.2 Å². The number of anilines is 1. The minimum Gasteiger partial charge on any atom is -0.338 e. The first-order chi connectivity index (χ1) is 26.4. The third-order valence-electron chi connectivity index (χ3n) is 11.7. The molecule has 2 saturated heterocycles. The Kier molecular flexibility index (Phi) is 12.9. The number of piperidine rings is 1. The normalized spacial score (nSPS) is 21.6. The third kappa shape index (κ3) is 9.38. The van der Waals surface area contributed by atoms with E-state index in [-0.39, 0.29) is 35.0 Å². The number of nitrogens with one attached hydrogen (secondary N) is 2. The van der Waals surface area contributed by atoms with E-state index in [0.29, 0.717) is 62.7 Å². The fourth-order valence-corrected chi connectivity index (χ4v) is 7.95. The number of likely N-dealkylation sites (tertiary alicyclic amines) is 1. The minimum absolute atomic E-state index is 0.0678. The molecule has 3 fully saturated rings. The van der Waals surface area contributed by atoms with Crippen LogP contribution >= 0.6 is 0 Å². The number of nitrogens with zero attached hydrogens (tertiary/aromatic N) is 8. The molecule has 1 aromatic carbocycles. The maximum Gasteiger partial charge on any atom is 0.295 e. The van der Waals surface area contributed by atoms with Gasteiger partial charge in [0.15, 0.2) is 0 Å². The number of aromatic nitrogens is 4. The van der Waals surface area contributed by atoms with E-state index in [2.05, 4.69) is 49.6 Å². The van der Waals surface area contributed by atoms with Crippen LogP contribution in [0.5, 0.6) is 0 Å². The van der Waals surface area contributed by atoms with Gasteiger partial charge in [0, 0.05) is 57.0 Å². The molecule has 0 bridgehead atoms. The number of halogens is 1. The quantitative estimate of drug-likeness (QED) is 0.276. The molecule has 1 saturated carbocycles. The Bertz CT molecular complexity index is 1870. The van der Waals surface area contributed by atoms with Crippen LogP contribution in [-0.2, 0) is 16.1 Å². The highest BCUT2D eigenvalue weighted by molar-refractivity contribution is 6.45. The number of likely N-dealkylation sites (N-methyl/N-ethyl adjacent to an activating group) is 1. The Hall–Kier alpha value is -4.76. The zero-order valence-electron chi connectivity index (χ0n) is 32.7. The van der Waals surface area contributed by atoms with Gasteiger partial charge < -0.3 is 25.3 Å². The van der Waals surface area contributed by atoms with Crippen LogP contribution in [0.15, 0.2) is 47.7 Å². The van der Waals surface area contributed by atoms with Crippen LogP contribution in [0.3, 0.4) is 0 Å². The number of hydrogen-bond donors (Lipinski definition) is 2. The first kappa shape index (κ1) is 39.9. The van der Waals surface area contributed by atoms with E-state index in [1.807, 2.05) is 14.0 Å². The van der Waals surface area contributed by atoms with E-state index in [9.17, 15) is 19.2 Å². The van der Waals surface area contributed by atoms with Crippen LogP contribution < -0.4 is 10.6 Å². The lowest BCUT2D eigenvalue weighted by Gasteiger charge is -2.36. The van der Waals surface area contributed by atoms with Crippen molar-refractivity contribution in [1.82, 2.24) is 39.6 Å². The van der Waals surface area contributed by atoms with Crippen molar-refractivity contribution in [3.63, 3.8) is 0 Å². The summed E-state index contributed by atoms with van der Waals surface area (Å²) in [5, 5.41) is 14.3. The predicted molar refractivity (Wildman–Crippen MR) is 208 cm³/mol. The molecule has 3 aliphatic rings. The lowest BCUT2D eigenvalue weighted by molar-refractivity contribution is -0.135. The van der Waals surface area contributed by atoms with Gasteiger partial charge in [0.25, 0.3) is 17.7 Å². The predicted octanol–water partition coefficient (Wildman–Crippen LogP) is 4.23. The topological polar surface area (TPSA) is 150 Å². The molecule has 2 aliphatic heterocycles. The zero-order valence-corrected chi connectivity index (χ0v) is 32.7. The summed E-state index contributed by atoms with van der Waals surface area (Å²) < 4.78 is 19.3. The molecule has 2 aromatic heterocycles. The van der Waals surface area contributed by atoms with E-state index >= 15 is 4.39 Å². The highest BCUT2D eigenvalue weighted by Crippen LogP contribution is 2.31. The zero-order chi connectivity index (χ0) is 39.2. The summed E-state index contributed by atoms with van der Waals surface area (Å²) in [5.74, 6) is -2.94. The van der Waals surface area contributed by atoms with E-state index < -0.39 is 35.5 Å². The Morgan fingerprint density at radius 1 is 0.873 bits per heavy atom. The van der Waals surface area contributed by atoms with Crippen LogP contribution in [0.2, 0.25) is 0 Å². The third-order valence-corrected chi connectivity index (χ3v) is 11.7. The second-order valence-corrected chi connectivity index (χ2v) is 15.5. The monoisotopic (exact) mass is 758 g/mol. The Morgan fingerprint density at radius 2 is 1.53 bits per heavy atom. The van der Waals surface area contributed by atoms with Crippen molar-refractivity contribution in [2.45, 2.75) is 83.8 Å². The summed E-state index contributed by atoms with van der Waals surface area (Å²) in [4.78, 5) is 65.7. The SMILES string of the molecule is CCn1nccc1C(=O)N=C(C(=O)Nc1ccc([C@H](C)[C@@H](NC(=O)c2ccnn2C2CCN(C)CC2)C(=O)N2CCN(C)CC2)cc1F)C1CCC(C)CC1. The molecule has 296 valence electrons. The lowest BCUT2D eigenvalue weighted by atomic mass is 9.80. The molecule has 14 nitrogen and oxygen atoms in total. The molecular formula is C40H55FN10O4. The van der Waals surface area contributed by atoms with Gasteiger partial charge in [-0.25, -0.2) is 9.38 Å². The van der Waals surface area contributed by atoms with Crippen LogP contribution in [0.1, 0.15) is 97.8 Å². The van der Waals surface area contributed by atoms with Crippen LogP contribution in [-0.4, -0.2) is 123 Å². The molecule has 3 aromatic rings. The molecule has 55 heavy (non-hydrogen) atoms. The summed E-state index contributed by atoms with van der Waals surface area (Å²) in [6.45, 7) is 10.5. The molecule has 0 radical (unpaired) electrons. The standard InChI is InChI=1S/C40H55FN10O4/c1-6-50-33(13-17-42-50)37(52)46-36(28-9-7-26(2)8-10-28)39(54)44-32-12-11-29(25-31(32)41)27(3)35(40(55)49-23-21-48(5)22-24-49)45-38(53)34-14-18-43-51(34)30-15-19-47(4)20-16-30/h11-14,17-18,25-28,30,35H,6-10,15-16,19-24H2,1-5H3,(H,44,54)(H,45,53)/t26?,27-,28?,35+/m0/s1. The summed E-state index contributed by atoms with van der Waals surface area (Å²) in [7, 11) is 4.07. The number of rotatable bonds is 11. The fraction of sp³-hybridized carbons (Fsp3) is 0.575. The molecule has 4 amide bonds. The maximum absolute atomic E-state index is 16.0. The van der Waals surface area contributed by atoms with E-state index in [0.717, 1.165) is 38.8 Å². The van der Waals surface area contributed by atoms with Crippen molar-refractivity contribution >= 4 is 35.0 Å². The van der Waals surface area contributed by atoms with Crippen LogP contribution in [0, 0.1) is 17.7 Å². The second kappa shape index (κ2) is 17.8. The summed E-state index contributed by atoms with van der Waals surface area (Å²) in [6.07, 6.45) is 8.02. The number of piperazine rings is 1. The molecule has 1 aliphatic carbocycles. The maximum atomic E-state index is 16.0. The van der Waals surface area contributed by atoms with Crippen molar-refractivity contribution in [2.75, 3.05) is 58.7 Å². The summed E-state index contributed by atoms with van der Waals surface area (Å²) in [5.41, 5.74) is 1.14. The fourth-order valence-electron chi connectivity index (χ4n) is 7.95. The molecule has 2 atom stereocenters. The number of carbonyl (C=O) groups excluding carboxylic acids is 4. The van der Waals surface area contributed by atoms with Crippen LogP contribution in [0.4, 0.5) is 10.1 Å². The van der Waals surface area contributed by atoms with Gasteiger partial charge >= 0.3 is 0 Å². The van der Waals surface area contributed by atoms with E-state index in [4.69, 9.17) is 0 Å². The van der Waals surface area contributed by atoms with Crippen LogP contribution in [0.25, 0.3) is 0 Å². The van der Waals surface area contributed by atoms with Gasteiger partial charge in [0.05, 0.1) is 11.7 Å². The highest BCUT2D eigenvalue weighted by atomic mass is 19.1. The number of amides is 4. The average molecular weight is 759 g/mol. The first-order valence-corrected chi connectivity index (χ1v) is 19.7. The number of aryl methyl sites for hydroxylation is 1. The van der Waals surface area contributed by atoms with Gasteiger partial charge in [0.1, 0.15) is 29.0 Å². The van der Waals surface area contributed by atoms with Gasteiger partial charge in [-0.1, -0.05) is 32.8 Å². The van der Waals surface area contributed by atoms with E-state index in [1.54, 1.807) is 40.9 Å². The van der Waals surface area contributed by atoms with Crippen molar-refractivity contribution in [3.8, 4) is 0 Å². The Balaban J connectivity index is 1.23. The highest BCUT2D eigenvalue weighted by Gasteiger charge is 2.35. The van der Waals surface area contributed by atoms with Gasteiger partial charge in [-0.3, -0.25) is 28.5 Å². The summed E-state index contributed by atoms with van der Waals surface area (Å²) in [6, 6.07) is 6.73. The average Bonchev–Trinajstić information content (AvgIpc) is 3.88. The molecule has 4 heterocycles. The molecule has 0 spiro atoms. The molecule has 2 N–H and O–H groups in total. The lowest BCUT2D eigenvalue weighted by Crippen LogP contribution is -2.56. The first-order valence-electron chi connectivity index (χ1n) is 19.7. The van der Waals surface area contributed by atoms with Gasteiger partial charge in [-0.15, -0.1) is 0 Å². The molecule has 6 rings (SSSR count). The number of benzene rings is 1. The Labute approximate surface area is 322 Å². The van der Waals surface area contributed by atoms with Gasteiger partial charge in [-0.05, 0) is 95.5 Å². The molecule has 0 unspecified atom stereocenters. The van der Waals surface area contributed by atoms with E-state index in [1.165, 1.54) is 23.0 Å².